The van der Waals surface area contributed by atoms with Crippen molar-refractivity contribution in [2.24, 2.45) is 0 Å². The van der Waals surface area contributed by atoms with Gasteiger partial charge in [0.25, 0.3) is 6.01 Å². The molecule has 0 aromatic carbocycles. The van der Waals surface area contributed by atoms with Crippen molar-refractivity contribution in [1.82, 2.24) is 4.98 Å². The van der Waals surface area contributed by atoms with Crippen LogP contribution in [-0.2, 0) is 4.74 Å². The number of carbonyl (C=O) groups is 1. The van der Waals surface area contributed by atoms with Crippen LogP contribution in [0.2, 0.25) is 0 Å². The van der Waals surface area contributed by atoms with Gasteiger partial charge in [-0.3, -0.25) is 0 Å². The van der Waals surface area contributed by atoms with Crippen LogP contribution in [-0.4, -0.2) is 35.3 Å². The van der Waals surface area contributed by atoms with Gasteiger partial charge in [-0.1, -0.05) is 12.8 Å². The maximum absolute atomic E-state index is 10.5. The number of carboxylic acid groups (broad SMARTS) is 1. The van der Waals surface area contributed by atoms with Crippen LogP contribution in [0.25, 0.3) is 0 Å². The Labute approximate surface area is 99.0 Å². The van der Waals surface area contributed by atoms with Crippen molar-refractivity contribution in [3.05, 3.63) is 12.0 Å². The van der Waals surface area contributed by atoms with Crippen molar-refractivity contribution in [3.8, 4) is 0 Å². The third-order valence-corrected chi connectivity index (χ3v) is 2.76. The lowest BCUT2D eigenvalue weighted by atomic mass is 10.3. The summed E-state index contributed by atoms with van der Waals surface area (Å²) in [6.07, 6.45) is 6.28. The second-order valence-electron chi connectivity index (χ2n) is 4.05. The molecule has 2 N–H and O–H groups in total. The molecule has 1 aromatic heterocycles. The van der Waals surface area contributed by atoms with Gasteiger partial charge in [0.05, 0.1) is 12.7 Å². The van der Waals surface area contributed by atoms with Crippen molar-refractivity contribution < 1.29 is 19.1 Å². The molecule has 2 rings (SSSR count). The van der Waals surface area contributed by atoms with Gasteiger partial charge in [0.1, 0.15) is 6.26 Å². The first-order chi connectivity index (χ1) is 8.25. The fourth-order valence-corrected chi connectivity index (χ4v) is 1.89. The number of oxazole rings is 1. The van der Waals surface area contributed by atoms with Gasteiger partial charge >= 0.3 is 5.97 Å². The maximum Gasteiger partial charge on any atom is 0.357 e. The van der Waals surface area contributed by atoms with E-state index in [4.69, 9.17) is 14.3 Å². The zero-order chi connectivity index (χ0) is 12.1. The van der Waals surface area contributed by atoms with Crippen molar-refractivity contribution in [2.45, 2.75) is 31.8 Å². The van der Waals surface area contributed by atoms with Crippen LogP contribution in [0.5, 0.6) is 0 Å². The van der Waals surface area contributed by atoms with E-state index in [0.29, 0.717) is 19.3 Å². The lowest BCUT2D eigenvalue weighted by molar-refractivity contribution is 0.0656. The zero-order valence-corrected chi connectivity index (χ0v) is 9.52. The highest BCUT2D eigenvalue weighted by Gasteiger charge is 2.15. The Morgan fingerprint density at radius 1 is 1.59 bits per heavy atom. The van der Waals surface area contributed by atoms with Gasteiger partial charge < -0.3 is 19.6 Å². The zero-order valence-electron chi connectivity index (χ0n) is 9.52. The molecule has 6 nitrogen and oxygen atoms in total. The molecule has 1 aliphatic rings. The van der Waals surface area contributed by atoms with E-state index in [9.17, 15) is 4.79 Å². The highest BCUT2D eigenvalue weighted by Crippen LogP contribution is 2.20. The van der Waals surface area contributed by atoms with Crippen molar-refractivity contribution in [3.63, 3.8) is 0 Å². The third kappa shape index (κ3) is 3.45. The van der Waals surface area contributed by atoms with Gasteiger partial charge in [-0.05, 0) is 12.8 Å². The molecule has 0 spiro atoms. The fourth-order valence-electron chi connectivity index (χ4n) is 1.89. The molecule has 0 amide bonds. The van der Waals surface area contributed by atoms with Crippen LogP contribution in [0.15, 0.2) is 10.7 Å². The fraction of sp³-hybridized carbons (Fsp3) is 0.636. The Kier molecular flexibility index (Phi) is 3.98. The predicted molar refractivity (Wildman–Crippen MR) is 60.2 cm³/mol. The lowest BCUT2D eigenvalue weighted by Crippen LogP contribution is -2.15. The SMILES string of the molecule is O=C(O)c1coc(NCCOC2CCCC2)n1. The summed E-state index contributed by atoms with van der Waals surface area (Å²) in [5.74, 6) is -1.09. The average molecular weight is 240 g/mol. The van der Waals surface area contributed by atoms with E-state index in [1.54, 1.807) is 0 Å². The minimum atomic E-state index is -1.09. The van der Waals surface area contributed by atoms with Crippen LogP contribution in [0.4, 0.5) is 6.01 Å². The average Bonchev–Trinajstić information content (AvgIpc) is 2.96. The van der Waals surface area contributed by atoms with Gasteiger partial charge in [0, 0.05) is 6.54 Å². The summed E-state index contributed by atoms with van der Waals surface area (Å²) in [6.45, 7) is 1.14. The summed E-state index contributed by atoms with van der Waals surface area (Å²) in [4.78, 5) is 14.3. The first-order valence-electron chi connectivity index (χ1n) is 5.80. The quantitative estimate of drug-likeness (QED) is 0.737. The molecule has 1 fully saturated rings. The molecule has 94 valence electrons. The summed E-state index contributed by atoms with van der Waals surface area (Å²) in [7, 11) is 0. The Bertz CT molecular complexity index is 371. The topological polar surface area (TPSA) is 84.6 Å². The molecule has 17 heavy (non-hydrogen) atoms. The van der Waals surface area contributed by atoms with E-state index in [-0.39, 0.29) is 11.7 Å². The molecule has 1 heterocycles. The predicted octanol–water partition coefficient (Wildman–Crippen LogP) is 1.74. The van der Waals surface area contributed by atoms with Crippen molar-refractivity contribution in [2.75, 3.05) is 18.5 Å². The Morgan fingerprint density at radius 3 is 3.00 bits per heavy atom. The first-order valence-corrected chi connectivity index (χ1v) is 5.80. The summed E-state index contributed by atoms with van der Waals surface area (Å²) in [6, 6.07) is 0.220. The summed E-state index contributed by atoms with van der Waals surface area (Å²) in [5, 5.41) is 11.5. The second-order valence-corrected chi connectivity index (χ2v) is 4.05. The number of hydrogen-bond acceptors (Lipinski definition) is 5. The third-order valence-electron chi connectivity index (χ3n) is 2.76. The molecule has 0 unspecified atom stereocenters. The monoisotopic (exact) mass is 240 g/mol. The summed E-state index contributed by atoms with van der Waals surface area (Å²) >= 11 is 0. The Morgan fingerprint density at radius 2 is 2.35 bits per heavy atom. The highest BCUT2D eigenvalue weighted by molar-refractivity contribution is 5.85. The number of hydrogen-bond donors (Lipinski definition) is 2. The van der Waals surface area contributed by atoms with Crippen LogP contribution >= 0.6 is 0 Å². The Balaban J connectivity index is 1.65. The first kappa shape index (κ1) is 11.9. The smallest absolute Gasteiger partial charge is 0.357 e. The van der Waals surface area contributed by atoms with Gasteiger partial charge in [0.15, 0.2) is 5.69 Å². The van der Waals surface area contributed by atoms with Gasteiger partial charge in [-0.15, -0.1) is 0 Å². The van der Waals surface area contributed by atoms with E-state index in [2.05, 4.69) is 10.3 Å². The van der Waals surface area contributed by atoms with E-state index in [0.717, 1.165) is 19.1 Å². The van der Waals surface area contributed by atoms with Crippen molar-refractivity contribution >= 4 is 12.0 Å². The molecule has 1 saturated carbocycles. The largest absolute Gasteiger partial charge is 0.476 e. The van der Waals surface area contributed by atoms with Gasteiger partial charge in [0.2, 0.25) is 0 Å². The van der Waals surface area contributed by atoms with Gasteiger partial charge in [-0.2, -0.15) is 4.98 Å². The standard InChI is InChI=1S/C11H16N2O4/c14-10(15)9-7-17-11(13-9)12-5-6-16-8-3-1-2-4-8/h7-8H,1-6H2,(H,12,13)(H,14,15). The number of aromatic carboxylic acids is 1. The summed E-state index contributed by atoms with van der Waals surface area (Å²) in [5.41, 5.74) is -0.0933. The number of nitrogens with one attached hydrogen (secondary N) is 1. The molecule has 0 atom stereocenters. The van der Waals surface area contributed by atoms with Crippen LogP contribution in [0.1, 0.15) is 36.2 Å². The second kappa shape index (κ2) is 5.67. The normalized spacial score (nSPS) is 16.2. The van der Waals surface area contributed by atoms with Crippen LogP contribution in [0.3, 0.4) is 0 Å². The molecule has 0 aliphatic heterocycles. The molecule has 0 bridgehead atoms. The minimum absolute atomic E-state index is 0.0933. The molecule has 1 aliphatic carbocycles. The number of rotatable bonds is 6. The molecular weight excluding hydrogens is 224 g/mol. The number of nitrogens with zero attached hydrogens (tertiary/aromatic N) is 1. The maximum atomic E-state index is 10.5. The van der Waals surface area contributed by atoms with E-state index < -0.39 is 5.97 Å². The Hall–Kier alpha value is -1.56. The van der Waals surface area contributed by atoms with Crippen molar-refractivity contribution in [1.29, 1.82) is 0 Å². The number of ether oxygens (including phenoxy) is 1. The molecule has 1 aromatic rings. The van der Waals surface area contributed by atoms with E-state index in [1.807, 2.05) is 0 Å². The lowest BCUT2D eigenvalue weighted by Gasteiger charge is -2.10. The molecule has 0 radical (unpaired) electrons. The number of anilines is 1. The number of carboxylic acids is 1. The van der Waals surface area contributed by atoms with E-state index in [1.165, 1.54) is 12.8 Å². The summed E-state index contributed by atoms with van der Waals surface area (Å²) < 4.78 is 10.6. The molecule has 0 saturated heterocycles. The molecule has 6 heteroatoms. The highest BCUT2D eigenvalue weighted by atomic mass is 16.5. The van der Waals surface area contributed by atoms with E-state index >= 15 is 0 Å². The minimum Gasteiger partial charge on any atom is -0.476 e. The molecular formula is C11H16N2O4. The number of aromatic nitrogens is 1. The van der Waals surface area contributed by atoms with Crippen LogP contribution < -0.4 is 5.32 Å². The van der Waals surface area contributed by atoms with Crippen LogP contribution in [0, 0.1) is 0 Å². The van der Waals surface area contributed by atoms with Gasteiger partial charge in [-0.25, -0.2) is 4.79 Å².